The molecule has 0 saturated carbocycles. The summed E-state index contributed by atoms with van der Waals surface area (Å²) in [6.07, 6.45) is 0. The molecule has 0 radical (unpaired) electrons. The molecule has 11 heteroatoms. The Hall–Kier alpha value is -0.870. The van der Waals surface area contributed by atoms with Crippen molar-refractivity contribution in [3.63, 3.8) is 0 Å². The van der Waals surface area contributed by atoms with E-state index < -0.39 is 10.0 Å². The van der Waals surface area contributed by atoms with Crippen molar-refractivity contribution in [3.8, 4) is 11.3 Å². The SMILES string of the molecule is O=S(=O)(c1ccc(Br)cc1Cl)N1CCN(c2nc(-c3ccc(Cl)cc3Cl)cs2)CC1. The Labute approximate surface area is 202 Å². The van der Waals surface area contributed by atoms with Crippen molar-refractivity contribution in [3.05, 3.63) is 61.3 Å². The first kappa shape index (κ1) is 22.3. The molecule has 0 amide bonds. The molecule has 1 saturated heterocycles. The Morgan fingerprint density at radius 1 is 0.967 bits per heavy atom. The van der Waals surface area contributed by atoms with Crippen LogP contribution in [-0.4, -0.2) is 43.9 Å². The van der Waals surface area contributed by atoms with Gasteiger partial charge in [0.25, 0.3) is 0 Å². The average molecular weight is 568 g/mol. The van der Waals surface area contributed by atoms with Gasteiger partial charge < -0.3 is 4.90 Å². The minimum absolute atomic E-state index is 0.120. The standard InChI is InChI=1S/C19H15BrCl3N3O2S2/c20-12-1-4-18(16(23)9-12)30(27,28)26-7-5-25(6-8-26)19-24-17(11-29-19)14-3-2-13(21)10-15(14)22/h1-4,9-11H,5-8H2. The fourth-order valence-electron chi connectivity index (χ4n) is 3.17. The summed E-state index contributed by atoms with van der Waals surface area (Å²) in [4.78, 5) is 6.88. The minimum Gasteiger partial charge on any atom is -0.345 e. The first-order valence-electron chi connectivity index (χ1n) is 8.87. The van der Waals surface area contributed by atoms with E-state index in [2.05, 4.69) is 25.8 Å². The molecule has 1 aliphatic rings. The van der Waals surface area contributed by atoms with Crippen molar-refractivity contribution >= 4 is 77.2 Å². The van der Waals surface area contributed by atoms with Crippen LogP contribution in [0.2, 0.25) is 15.1 Å². The van der Waals surface area contributed by atoms with Crippen LogP contribution in [0, 0.1) is 0 Å². The molecule has 30 heavy (non-hydrogen) atoms. The Morgan fingerprint density at radius 3 is 2.37 bits per heavy atom. The third-order valence-corrected chi connectivity index (χ3v) is 9.04. The third-order valence-electron chi connectivity index (χ3n) is 4.72. The highest BCUT2D eigenvalue weighted by Crippen LogP contribution is 2.34. The molecule has 3 aromatic rings. The maximum Gasteiger partial charge on any atom is 0.244 e. The lowest BCUT2D eigenvalue weighted by atomic mass is 10.2. The summed E-state index contributed by atoms with van der Waals surface area (Å²) in [6, 6.07) is 10.1. The van der Waals surface area contributed by atoms with Gasteiger partial charge in [-0.1, -0.05) is 50.7 Å². The summed E-state index contributed by atoms with van der Waals surface area (Å²) in [5.41, 5.74) is 1.59. The largest absolute Gasteiger partial charge is 0.345 e. The first-order chi connectivity index (χ1) is 14.3. The lowest BCUT2D eigenvalue weighted by Crippen LogP contribution is -2.48. The lowest BCUT2D eigenvalue weighted by molar-refractivity contribution is 0.385. The van der Waals surface area contributed by atoms with E-state index in [9.17, 15) is 8.42 Å². The Bertz CT molecular complexity index is 1200. The van der Waals surface area contributed by atoms with E-state index in [4.69, 9.17) is 34.8 Å². The number of benzene rings is 2. The molecule has 2 heterocycles. The Balaban J connectivity index is 1.48. The molecular weight excluding hydrogens is 553 g/mol. The van der Waals surface area contributed by atoms with E-state index in [0.29, 0.717) is 36.2 Å². The monoisotopic (exact) mass is 565 g/mol. The van der Waals surface area contributed by atoms with Crippen molar-refractivity contribution in [2.24, 2.45) is 0 Å². The van der Waals surface area contributed by atoms with Crippen molar-refractivity contribution < 1.29 is 8.42 Å². The van der Waals surface area contributed by atoms with Gasteiger partial charge >= 0.3 is 0 Å². The highest BCUT2D eigenvalue weighted by atomic mass is 79.9. The van der Waals surface area contributed by atoms with Gasteiger partial charge in [-0.2, -0.15) is 4.31 Å². The summed E-state index contributed by atoms with van der Waals surface area (Å²) in [5, 5.41) is 4.09. The molecule has 4 rings (SSSR count). The molecule has 0 atom stereocenters. The van der Waals surface area contributed by atoms with Crippen LogP contribution in [0.4, 0.5) is 5.13 Å². The number of rotatable bonds is 4. The molecule has 2 aromatic carbocycles. The maximum atomic E-state index is 13.0. The first-order valence-corrected chi connectivity index (χ1v) is 13.1. The molecule has 0 spiro atoms. The third kappa shape index (κ3) is 4.50. The number of hydrogen-bond acceptors (Lipinski definition) is 5. The quantitative estimate of drug-likeness (QED) is 0.386. The Morgan fingerprint density at radius 2 is 1.70 bits per heavy atom. The van der Waals surface area contributed by atoms with Crippen LogP contribution in [0.15, 0.2) is 51.1 Å². The summed E-state index contributed by atoms with van der Waals surface area (Å²) in [5.74, 6) is 0. The normalized spacial score (nSPS) is 15.5. The molecule has 1 fully saturated rings. The summed E-state index contributed by atoms with van der Waals surface area (Å²) < 4.78 is 28.2. The Kier molecular flexibility index (Phi) is 6.65. The predicted molar refractivity (Wildman–Crippen MR) is 128 cm³/mol. The molecule has 0 N–H and O–H groups in total. The smallest absolute Gasteiger partial charge is 0.244 e. The average Bonchev–Trinajstić information content (AvgIpc) is 3.17. The van der Waals surface area contributed by atoms with E-state index in [-0.39, 0.29) is 9.92 Å². The van der Waals surface area contributed by atoms with Gasteiger partial charge in [0.15, 0.2) is 5.13 Å². The summed E-state index contributed by atoms with van der Waals surface area (Å²) in [7, 11) is -3.66. The number of thiazole rings is 1. The van der Waals surface area contributed by atoms with Crippen LogP contribution in [0.3, 0.4) is 0 Å². The fourth-order valence-corrected chi connectivity index (χ4v) is 6.99. The van der Waals surface area contributed by atoms with Crippen LogP contribution in [0.5, 0.6) is 0 Å². The van der Waals surface area contributed by atoms with Gasteiger partial charge in [0.1, 0.15) is 4.90 Å². The summed E-state index contributed by atoms with van der Waals surface area (Å²) >= 11 is 23.2. The summed E-state index contributed by atoms with van der Waals surface area (Å²) in [6.45, 7) is 1.78. The number of halogens is 4. The number of nitrogens with zero attached hydrogens (tertiary/aromatic N) is 3. The number of anilines is 1. The number of aromatic nitrogens is 1. The van der Waals surface area contributed by atoms with E-state index >= 15 is 0 Å². The van der Waals surface area contributed by atoms with E-state index in [1.165, 1.54) is 21.7 Å². The maximum absolute atomic E-state index is 13.0. The second-order valence-electron chi connectivity index (χ2n) is 6.61. The highest BCUT2D eigenvalue weighted by molar-refractivity contribution is 9.10. The number of hydrogen-bond donors (Lipinski definition) is 0. The van der Waals surface area contributed by atoms with Gasteiger partial charge in [-0.3, -0.25) is 0 Å². The van der Waals surface area contributed by atoms with Crippen LogP contribution < -0.4 is 4.90 Å². The molecule has 1 aliphatic heterocycles. The second kappa shape index (κ2) is 8.94. The molecule has 158 valence electrons. The zero-order valence-electron chi connectivity index (χ0n) is 15.4. The van der Waals surface area contributed by atoms with Gasteiger partial charge in [-0.15, -0.1) is 11.3 Å². The lowest BCUT2D eigenvalue weighted by Gasteiger charge is -2.33. The fraction of sp³-hybridized carbons (Fsp3) is 0.211. The van der Waals surface area contributed by atoms with Crippen LogP contribution >= 0.6 is 62.1 Å². The molecular formula is C19H15BrCl3N3O2S2. The van der Waals surface area contributed by atoms with Crippen LogP contribution in [0.25, 0.3) is 11.3 Å². The van der Waals surface area contributed by atoms with Gasteiger partial charge in [-0.25, -0.2) is 13.4 Å². The van der Waals surface area contributed by atoms with E-state index in [1.807, 2.05) is 11.4 Å². The molecule has 1 aromatic heterocycles. The number of sulfonamides is 1. The van der Waals surface area contributed by atoms with Crippen molar-refractivity contribution in [1.29, 1.82) is 0 Å². The van der Waals surface area contributed by atoms with Gasteiger partial charge in [0, 0.05) is 46.6 Å². The van der Waals surface area contributed by atoms with Crippen molar-refractivity contribution in [2.45, 2.75) is 4.90 Å². The van der Waals surface area contributed by atoms with Gasteiger partial charge in [-0.05, 0) is 36.4 Å². The minimum atomic E-state index is -3.66. The van der Waals surface area contributed by atoms with Crippen LogP contribution in [-0.2, 0) is 10.0 Å². The highest BCUT2D eigenvalue weighted by Gasteiger charge is 2.31. The second-order valence-corrected chi connectivity index (χ2v) is 11.5. The van der Waals surface area contributed by atoms with Crippen LogP contribution in [0.1, 0.15) is 0 Å². The van der Waals surface area contributed by atoms with Crippen molar-refractivity contribution in [2.75, 3.05) is 31.1 Å². The zero-order chi connectivity index (χ0) is 21.5. The number of piperazine rings is 1. The predicted octanol–water partition coefficient (Wildman–Crippen LogP) is 6.04. The van der Waals surface area contributed by atoms with E-state index in [0.717, 1.165) is 20.9 Å². The van der Waals surface area contributed by atoms with Gasteiger partial charge in [0.2, 0.25) is 10.0 Å². The van der Waals surface area contributed by atoms with Crippen molar-refractivity contribution in [1.82, 2.24) is 9.29 Å². The van der Waals surface area contributed by atoms with E-state index in [1.54, 1.807) is 24.3 Å². The molecule has 0 aliphatic carbocycles. The van der Waals surface area contributed by atoms with Gasteiger partial charge in [0.05, 0.1) is 15.7 Å². The zero-order valence-corrected chi connectivity index (χ0v) is 20.8. The molecule has 5 nitrogen and oxygen atoms in total. The molecule has 0 bridgehead atoms. The molecule has 0 unspecified atom stereocenters. The topological polar surface area (TPSA) is 53.5 Å².